The van der Waals surface area contributed by atoms with Gasteiger partial charge in [-0.2, -0.15) is 0 Å². The monoisotopic (exact) mass is 184 g/mol. The Morgan fingerprint density at radius 1 is 1.38 bits per heavy atom. The first-order chi connectivity index (χ1) is 6.34. The van der Waals surface area contributed by atoms with Crippen LogP contribution in [0.15, 0.2) is 0 Å². The highest BCUT2D eigenvalue weighted by Crippen LogP contribution is 2.18. The van der Waals surface area contributed by atoms with Gasteiger partial charge in [0.25, 0.3) is 0 Å². The van der Waals surface area contributed by atoms with E-state index in [0.29, 0.717) is 18.2 Å². The standard InChI is InChI=1S/C10H20N2O/c11-8-6-9(7-8)12-4-3-10-2-1-5-13-10/h8-10,12H,1-7,11H2. The van der Waals surface area contributed by atoms with E-state index in [0.717, 1.165) is 26.0 Å². The van der Waals surface area contributed by atoms with Crippen molar-refractivity contribution in [3.63, 3.8) is 0 Å². The molecule has 1 unspecified atom stereocenters. The molecule has 0 spiro atoms. The highest BCUT2D eigenvalue weighted by Gasteiger charge is 2.25. The third-order valence-electron chi connectivity index (χ3n) is 3.10. The Bertz CT molecular complexity index is 151. The first kappa shape index (κ1) is 9.44. The highest BCUT2D eigenvalue weighted by molar-refractivity contribution is 4.87. The summed E-state index contributed by atoms with van der Waals surface area (Å²) in [6.45, 7) is 2.07. The largest absolute Gasteiger partial charge is 0.378 e. The molecular weight excluding hydrogens is 164 g/mol. The molecule has 13 heavy (non-hydrogen) atoms. The van der Waals surface area contributed by atoms with Crippen LogP contribution in [0.5, 0.6) is 0 Å². The van der Waals surface area contributed by atoms with Crippen molar-refractivity contribution in [1.29, 1.82) is 0 Å². The molecule has 2 rings (SSSR count). The predicted octanol–water partition coefficient (Wildman–Crippen LogP) is 0.635. The van der Waals surface area contributed by atoms with Crippen LogP contribution in [-0.2, 0) is 4.74 Å². The van der Waals surface area contributed by atoms with Gasteiger partial charge in [0.05, 0.1) is 6.10 Å². The van der Waals surface area contributed by atoms with Crippen LogP contribution >= 0.6 is 0 Å². The van der Waals surface area contributed by atoms with Crippen molar-refractivity contribution in [3.8, 4) is 0 Å². The Hall–Kier alpha value is -0.120. The van der Waals surface area contributed by atoms with Gasteiger partial charge in [0.1, 0.15) is 0 Å². The van der Waals surface area contributed by atoms with Crippen molar-refractivity contribution in [3.05, 3.63) is 0 Å². The van der Waals surface area contributed by atoms with Gasteiger partial charge in [-0.3, -0.25) is 0 Å². The van der Waals surface area contributed by atoms with E-state index in [1.807, 2.05) is 0 Å². The number of hydrogen-bond donors (Lipinski definition) is 2. The normalized spacial score (nSPS) is 39.0. The fourth-order valence-electron chi connectivity index (χ4n) is 2.15. The fraction of sp³-hybridized carbons (Fsp3) is 1.00. The van der Waals surface area contributed by atoms with Crippen molar-refractivity contribution < 1.29 is 4.74 Å². The molecule has 2 aliphatic rings. The molecule has 1 heterocycles. The second-order valence-electron chi connectivity index (χ2n) is 4.31. The van der Waals surface area contributed by atoms with Crippen molar-refractivity contribution in [2.45, 2.75) is 50.3 Å². The molecule has 1 saturated heterocycles. The minimum Gasteiger partial charge on any atom is -0.378 e. The average Bonchev–Trinajstić information content (AvgIpc) is 2.53. The maximum Gasteiger partial charge on any atom is 0.0588 e. The molecule has 0 amide bonds. The van der Waals surface area contributed by atoms with Gasteiger partial charge in [-0.15, -0.1) is 0 Å². The van der Waals surface area contributed by atoms with E-state index in [1.54, 1.807) is 0 Å². The SMILES string of the molecule is NC1CC(NCCC2CCCO2)C1. The summed E-state index contributed by atoms with van der Waals surface area (Å²) >= 11 is 0. The second-order valence-corrected chi connectivity index (χ2v) is 4.31. The van der Waals surface area contributed by atoms with Gasteiger partial charge in [-0.05, 0) is 38.6 Å². The van der Waals surface area contributed by atoms with Crippen LogP contribution in [0, 0.1) is 0 Å². The zero-order valence-electron chi connectivity index (χ0n) is 8.17. The molecule has 0 aromatic rings. The van der Waals surface area contributed by atoms with E-state index in [4.69, 9.17) is 10.5 Å². The Kier molecular flexibility index (Phi) is 3.19. The quantitative estimate of drug-likeness (QED) is 0.674. The smallest absolute Gasteiger partial charge is 0.0588 e. The average molecular weight is 184 g/mol. The third kappa shape index (κ3) is 2.66. The first-order valence-electron chi connectivity index (χ1n) is 5.45. The lowest BCUT2D eigenvalue weighted by Crippen LogP contribution is -2.48. The minimum atomic E-state index is 0.459. The predicted molar refractivity (Wildman–Crippen MR) is 52.6 cm³/mol. The summed E-state index contributed by atoms with van der Waals surface area (Å²) < 4.78 is 5.54. The van der Waals surface area contributed by atoms with Gasteiger partial charge in [0.15, 0.2) is 0 Å². The zero-order valence-corrected chi connectivity index (χ0v) is 8.17. The number of ether oxygens (including phenoxy) is 1. The fourth-order valence-corrected chi connectivity index (χ4v) is 2.15. The zero-order chi connectivity index (χ0) is 9.10. The van der Waals surface area contributed by atoms with Gasteiger partial charge in [-0.1, -0.05) is 0 Å². The molecule has 1 atom stereocenters. The topological polar surface area (TPSA) is 47.3 Å². The van der Waals surface area contributed by atoms with Gasteiger partial charge in [0.2, 0.25) is 0 Å². The molecule has 2 fully saturated rings. The molecule has 76 valence electrons. The van der Waals surface area contributed by atoms with Gasteiger partial charge in [-0.25, -0.2) is 0 Å². The number of nitrogens with one attached hydrogen (secondary N) is 1. The Morgan fingerprint density at radius 2 is 2.23 bits per heavy atom. The van der Waals surface area contributed by atoms with Crippen LogP contribution in [0.3, 0.4) is 0 Å². The van der Waals surface area contributed by atoms with Crippen molar-refractivity contribution >= 4 is 0 Å². The molecule has 0 aromatic heterocycles. The molecule has 1 aliphatic heterocycles. The third-order valence-corrected chi connectivity index (χ3v) is 3.10. The molecular formula is C10H20N2O. The van der Waals surface area contributed by atoms with E-state index in [9.17, 15) is 0 Å². The highest BCUT2D eigenvalue weighted by atomic mass is 16.5. The summed E-state index contributed by atoms with van der Waals surface area (Å²) in [4.78, 5) is 0. The van der Waals surface area contributed by atoms with Crippen molar-refractivity contribution in [1.82, 2.24) is 5.32 Å². The summed E-state index contributed by atoms with van der Waals surface area (Å²) in [7, 11) is 0. The van der Waals surface area contributed by atoms with E-state index < -0.39 is 0 Å². The summed E-state index contributed by atoms with van der Waals surface area (Å²) in [5.41, 5.74) is 5.70. The molecule has 0 aromatic carbocycles. The van der Waals surface area contributed by atoms with Crippen LogP contribution in [0.2, 0.25) is 0 Å². The van der Waals surface area contributed by atoms with E-state index >= 15 is 0 Å². The Labute approximate surface area is 80.0 Å². The molecule has 3 heteroatoms. The van der Waals surface area contributed by atoms with Crippen LogP contribution in [0.1, 0.15) is 32.1 Å². The van der Waals surface area contributed by atoms with E-state index in [2.05, 4.69) is 5.32 Å². The van der Waals surface area contributed by atoms with Gasteiger partial charge < -0.3 is 15.8 Å². The van der Waals surface area contributed by atoms with E-state index in [-0.39, 0.29) is 0 Å². The second kappa shape index (κ2) is 4.40. The molecule has 1 saturated carbocycles. The molecule has 1 aliphatic carbocycles. The summed E-state index contributed by atoms with van der Waals surface area (Å²) in [6.07, 6.45) is 6.52. The molecule has 3 nitrogen and oxygen atoms in total. The molecule has 0 radical (unpaired) electrons. The lowest BCUT2D eigenvalue weighted by molar-refractivity contribution is 0.102. The number of hydrogen-bond acceptors (Lipinski definition) is 3. The summed E-state index contributed by atoms with van der Waals surface area (Å²) in [5, 5.41) is 3.52. The van der Waals surface area contributed by atoms with Crippen LogP contribution in [-0.4, -0.2) is 31.3 Å². The minimum absolute atomic E-state index is 0.459. The summed E-state index contributed by atoms with van der Waals surface area (Å²) in [5.74, 6) is 0. The van der Waals surface area contributed by atoms with Crippen LogP contribution in [0.25, 0.3) is 0 Å². The van der Waals surface area contributed by atoms with E-state index in [1.165, 1.54) is 19.3 Å². The summed E-state index contributed by atoms with van der Waals surface area (Å²) in [6, 6.07) is 1.15. The first-order valence-corrected chi connectivity index (χ1v) is 5.45. The van der Waals surface area contributed by atoms with Crippen molar-refractivity contribution in [2.75, 3.05) is 13.2 Å². The number of rotatable bonds is 4. The molecule has 0 bridgehead atoms. The van der Waals surface area contributed by atoms with Crippen LogP contribution < -0.4 is 11.1 Å². The molecule has 3 N–H and O–H groups in total. The lowest BCUT2D eigenvalue weighted by atomic mass is 9.87. The van der Waals surface area contributed by atoms with Gasteiger partial charge in [0, 0.05) is 18.7 Å². The number of nitrogens with two attached hydrogens (primary N) is 1. The maximum atomic E-state index is 5.70. The Morgan fingerprint density at radius 3 is 2.85 bits per heavy atom. The lowest BCUT2D eigenvalue weighted by Gasteiger charge is -2.33. The maximum absolute atomic E-state index is 5.70. The van der Waals surface area contributed by atoms with Crippen LogP contribution in [0.4, 0.5) is 0 Å². The Balaban J connectivity index is 1.49. The van der Waals surface area contributed by atoms with Gasteiger partial charge >= 0.3 is 0 Å². The van der Waals surface area contributed by atoms with Crippen molar-refractivity contribution in [2.24, 2.45) is 5.73 Å².